The maximum absolute atomic E-state index is 6.28. The van der Waals surface area contributed by atoms with Gasteiger partial charge in [0, 0.05) is 27.3 Å². The number of hydrogen-bond acceptors (Lipinski definition) is 4. The number of pyridine rings is 1. The van der Waals surface area contributed by atoms with Crippen molar-refractivity contribution in [1.82, 2.24) is 10.1 Å². The summed E-state index contributed by atoms with van der Waals surface area (Å²) in [6, 6.07) is 5.86. The number of nitrogens with zero attached hydrogens (tertiary/aromatic N) is 2. The second-order valence-corrected chi connectivity index (χ2v) is 6.57. The number of fused-ring (bicyclic) bond motifs is 1. The molecule has 0 amide bonds. The van der Waals surface area contributed by atoms with Gasteiger partial charge in [-0.3, -0.25) is 4.98 Å². The lowest BCUT2D eigenvalue weighted by atomic mass is 10.1. The first-order valence-electron chi connectivity index (χ1n) is 6.90. The van der Waals surface area contributed by atoms with Gasteiger partial charge in [0.1, 0.15) is 5.76 Å². The number of anilines is 1. The minimum atomic E-state index is 0.0645. The van der Waals surface area contributed by atoms with Gasteiger partial charge < -0.3 is 9.84 Å². The van der Waals surface area contributed by atoms with Crippen LogP contribution >= 0.6 is 27.5 Å². The van der Waals surface area contributed by atoms with Crippen molar-refractivity contribution in [1.29, 1.82) is 0 Å². The minimum Gasteiger partial charge on any atom is -0.378 e. The van der Waals surface area contributed by atoms with Crippen molar-refractivity contribution in [3.8, 4) is 0 Å². The molecule has 0 bridgehead atoms. The molecule has 0 aliphatic carbocycles. The van der Waals surface area contributed by atoms with E-state index in [1.807, 2.05) is 32.0 Å². The zero-order valence-electron chi connectivity index (χ0n) is 12.4. The van der Waals surface area contributed by atoms with Crippen LogP contribution in [-0.2, 0) is 0 Å². The molecule has 22 heavy (non-hydrogen) atoms. The van der Waals surface area contributed by atoms with Gasteiger partial charge >= 0.3 is 0 Å². The Hall–Kier alpha value is -1.59. The monoisotopic (exact) mass is 379 g/mol. The molecule has 3 rings (SSSR count). The van der Waals surface area contributed by atoms with Crippen molar-refractivity contribution in [3.63, 3.8) is 0 Å². The lowest BCUT2D eigenvalue weighted by molar-refractivity contribution is 0.392. The molecule has 1 aromatic carbocycles. The van der Waals surface area contributed by atoms with Crippen molar-refractivity contribution in [2.45, 2.75) is 26.8 Å². The van der Waals surface area contributed by atoms with Gasteiger partial charge in [-0.15, -0.1) is 0 Å². The zero-order chi connectivity index (χ0) is 15.9. The van der Waals surface area contributed by atoms with Crippen LogP contribution in [-0.4, -0.2) is 10.1 Å². The molecule has 1 unspecified atom stereocenters. The van der Waals surface area contributed by atoms with Crippen LogP contribution in [0.4, 0.5) is 5.69 Å². The topological polar surface area (TPSA) is 51.0 Å². The Morgan fingerprint density at radius 2 is 2.09 bits per heavy atom. The van der Waals surface area contributed by atoms with Crippen LogP contribution in [0.1, 0.15) is 30.0 Å². The van der Waals surface area contributed by atoms with Crippen molar-refractivity contribution < 1.29 is 4.52 Å². The van der Waals surface area contributed by atoms with E-state index in [2.05, 4.69) is 38.3 Å². The molecular formula is C16H15BrClN3O. The Balaban J connectivity index is 2.04. The third-order valence-corrected chi connectivity index (χ3v) is 4.40. The van der Waals surface area contributed by atoms with E-state index in [0.29, 0.717) is 5.02 Å². The molecule has 4 nitrogen and oxygen atoms in total. The fourth-order valence-corrected chi connectivity index (χ4v) is 3.58. The number of halogens is 2. The highest BCUT2D eigenvalue weighted by Gasteiger charge is 2.17. The van der Waals surface area contributed by atoms with Crippen LogP contribution in [0.5, 0.6) is 0 Å². The van der Waals surface area contributed by atoms with Crippen LogP contribution in [0, 0.1) is 13.8 Å². The molecule has 0 saturated heterocycles. The third-order valence-electron chi connectivity index (χ3n) is 3.66. The first kappa shape index (κ1) is 15.3. The van der Waals surface area contributed by atoms with E-state index in [0.717, 1.165) is 38.1 Å². The summed E-state index contributed by atoms with van der Waals surface area (Å²) in [6.07, 6.45) is 1.75. The second-order valence-electron chi connectivity index (χ2n) is 5.25. The van der Waals surface area contributed by atoms with Crippen LogP contribution in [0.3, 0.4) is 0 Å². The number of rotatable bonds is 3. The quantitative estimate of drug-likeness (QED) is 0.658. The number of aromatic nitrogens is 2. The maximum Gasteiger partial charge on any atom is 0.139 e. The normalized spacial score (nSPS) is 12.6. The molecule has 0 aliphatic heterocycles. The smallest absolute Gasteiger partial charge is 0.139 e. The SMILES string of the molecule is Cc1noc(C)c1C(C)Nc1ccnc2c(Cl)cc(Br)cc12. The summed E-state index contributed by atoms with van der Waals surface area (Å²) >= 11 is 9.76. The number of nitrogens with one attached hydrogen (secondary N) is 1. The standard InChI is InChI=1S/C16H15BrClN3O/c1-8(15-9(2)21-22-10(15)3)20-14-4-5-19-16-12(14)6-11(17)7-13(16)18/h4-8H,1-3H3,(H,19,20). The molecule has 2 aromatic heterocycles. The van der Waals surface area contributed by atoms with E-state index in [1.165, 1.54) is 0 Å². The van der Waals surface area contributed by atoms with Crippen LogP contribution in [0.15, 0.2) is 33.4 Å². The summed E-state index contributed by atoms with van der Waals surface area (Å²) in [5.74, 6) is 0.829. The molecular weight excluding hydrogens is 366 g/mol. The first-order chi connectivity index (χ1) is 10.5. The van der Waals surface area contributed by atoms with Gasteiger partial charge in [0.25, 0.3) is 0 Å². The summed E-state index contributed by atoms with van der Waals surface area (Å²) < 4.78 is 6.17. The lowest BCUT2D eigenvalue weighted by Crippen LogP contribution is -2.09. The predicted octanol–water partition coefficient (Wildman–Crippen LogP) is 5.43. The summed E-state index contributed by atoms with van der Waals surface area (Å²) in [6.45, 7) is 5.95. The van der Waals surface area contributed by atoms with E-state index >= 15 is 0 Å². The molecule has 0 spiro atoms. The number of hydrogen-bond donors (Lipinski definition) is 1. The Bertz CT molecular complexity index is 827. The van der Waals surface area contributed by atoms with Gasteiger partial charge in [0.15, 0.2) is 0 Å². The zero-order valence-corrected chi connectivity index (χ0v) is 14.8. The molecule has 0 aliphatic rings. The van der Waals surface area contributed by atoms with E-state index in [9.17, 15) is 0 Å². The van der Waals surface area contributed by atoms with Gasteiger partial charge in [0.2, 0.25) is 0 Å². The van der Waals surface area contributed by atoms with E-state index in [-0.39, 0.29) is 6.04 Å². The largest absolute Gasteiger partial charge is 0.378 e. The Labute approximate surface area is 142 Å². The Morgan fingerprint density at radius 3 is 2.77 bits per heavy atom. The van der Waals surface area contributed by atoms with Crippen molar-refractivity contribution in [3.05, 3.63) is 50.9 Å². The summed E-state index contributed by atoms with van der Waals surface area (Å²) in [4.78, 5) is 4.36. The average molecular weight is 381 g/mol. The van der Waals surface area contributed by atoms with Crippen molar-refractivity contribution in [2.75, 3.05) is 5.32 Å². The van der Waals surface area contributed by atoms with Crippen LogP contribution in [0.25, 0.3) is 10.9 Å². The molecule has 0 fully saturated rings. The second kappa shape index (κ2) is 5.89. The summed E-state index contributed by atoms with van der Waals surface area (Å²) in [7, 11) is 0. The average Bonchev–Trinajstić information content (AvgIpc) is 2.79. The molecule has 0 saturated carbocycles. The van der Waals surface area contributed by atoms with E-state index in [1.54, 1.807) is 6.20 Å². The molecule has 3 aromatic rings. The molecule has 2 heterocycles. The van der Waals surface area contributed by atoms with Gasteiger partial charge in [-0.05, 0) is 39.0 Å². The lowest BCUT2D eigenvalue weighted by Gasteiger charge is -2.17. The summed E-state index contributed by atoms with van der Waals surface area (Å²) in [5.41, 5.74) is 3.72. The van der Waals surface area contributed by atoms with Crippen LogP contribution in [0.2, 0.25) is 5.02 Å². The van der Waals surface area contributed by atoms with E-state index < -0.39 is 0 Å². The Morgan fingerprint density at radius 1 is 1.32 bits per heavy atom. The molecule has 1 N–H and O–H groups in total. The predicted molar refractivity (Wildman–Crippen MR) is 92.5 cm³/mol. The fraction of sp³-hybridized carbons (Fsp3) is 0.250. The fourth-order valence-electron chi connectivity index (χ4n) is 2.72. The Kier molecular flexibility index (Phi) is 4.10. The number of benzene rings is 1. The molecule has 1 atom stereocenters. The first-order valence-corrected chi connectivity index (χ1v) is 8.07. The third kappa shape index (κ3) is 2.71. The highest BCUT2D eigenvalue weighted by atomic mass is 79.9. The minimum absolute atomic E-state index is 0.0645. The maximum atomic E-state index is 6.28. The molecule has 0 radical (unpaired) electrons. The van der Waals surface area contributed by atoms with Crippen LogP contribution < -0.4 is 5.32 Å². The highest BCUT2D eigenvalue weighted by Crippen LogP contribution is 2.33. The molecule has 6 heteroatoms. The summed E-state index contributed by atoms with van der Waals surface area (Å²) in [5, 5.41) is 9.11. The van der Waals surface area contributed by atoms with Gasteiger partial charge in [-0.2, -0.15) is 0 Å². The van der Waals surface area contributed by atoms with E-state index in [4.69, 9.17) is 16.1 Å². The van der Waals surface area contributed by atoms with Gasteiger partial charge in [0.05, 0.1) is 22.3 Å². The van der Waals surface area contributed by atoms with Gasteiger partial charge in [-0.1, -0.05) is 32.7 Å². The van der Waals surface area contributed by atoms with Crippen molar-refractivity contribution in [2.24, 2.45) is 0 Å². The van der Waals surface area contributed by atoms with Gasteiger partial charge in [-0.25, -0.2) is 0 Å². The highest BCUT2D eigenvalue weighted by molar-refractivity contribution is 9.10. The number of aryl methyl sites for hydroxylation is 2. The van der Waals surface area contributed by atoms with Crippen molar-refractivity contribution >= 4 is 44.1 Å². The molecule has 114 valence electrons.